The molecule has 2 N–H and O–H groups in total. The molecule has 0 atom stereocenters. The number of amides is 2. The summed E-state index contributed by atoms with van der Waals surface area (Å²) in [5, 5.41) is 15.4. The van der Waals surface area contributed by atoms with E-state index in [9.17, 15) is 9.59 Å². The summed E-state index contributed by atoms with van der Waals surface area (Å²) in [6.45, 7) is 4.27. The number of hydrogen-bond acceptors (Lipinski definition) is 3. The Morgan fingerprint density at radius 1 is 1.53 bits per heavy atom. The predicted octanol–water partition coefficient (Wildman–Crippen LogP) is 0.815. The van der Waals surface area contributed by atoms with Crippen LogP contribution in [0.3, 0.4) is 0 Å². The van der Waals surface area contributed by atoms with Gasteiger partial charge in [-0.2, -0.15) is 5.10 Å². The summed E-state index contributed by atoms with van der Waals surface area (Å²) >= 11 is 0. The van der Waals surface area contributed by atoms with E-state index in [4.69, 9.17) is 5.11 Å². The van der Waals surface area contributed by atoms with Crippen molar-refractivity contribution >= 4 is 12.0 Å². The largest absolute Gasteiger partial charge is 0.481 e. The fourth-order valence-electron chi connectivity index (χ4n) is 1.65. The minimum atomic E-state index is -0.912. The maximum Gasteiger partial charge on any atom is 0.317 e. The summed E-state index contributed by atoms with van der Waals surface area (Å²) in [5.41, 5.74) is 0.885. The summed E-state index contributed by atoms with van der Waals surface area (Å²) in [6.07, 6.45) is 1.60. The number of aromatic nitrogens is 2. The average molecular weight is 268 g/mol. The first-order valence-corrected chi connectivity index (χ1v) is 6.15. The lowest BCUT2D eigenvalue weighted by atomic mass is 10.3. The highest BCUT2D eigenvalue weighted by Gasteiger charge is 2.17. The van der Waals surface area contributed by atoms with Crippen molar-refractivity contribution in [1.82, 2.24) is 20.0 Å². The quantitative estimate of drug-likeness (QED) is 0.799. The second-order valence-corrected chi connectivity index (χ2v) is 4.54. The molecule has 0 aliphatic rings. The molecule has 1 aromatic heterocycles. The van der Waals surface area contributed by atoms with Crippen LogP contribution in [0.4, 0.5) is 4.79 Å². The summed E-state index contributed by atoms with van der Waals surface area (Å²) in [7, 11) is 1.80. The summed E-state index contributed by atoms with van der Waals surface area (Å²) in [5.74, 6) is -0.912. The number of carboxylic acids is 1. The molecule has 0 radical (unpaired) electrons. The fourth-order valence-corrected chi connectivity index (χ4v) is 1.65. The van der Waals surface area contributed by atoms with E-state index in [-0.39, 0.29) is 25.0 Å². The van der Waals surface area contributed by atoms with Gasteiger partial charge in [-0.15, -0.1) is 0 Å². The van der Waals surface area contributed by atoms with Crippen LogP contribution in [0.15, 0.2) is 12.3 Å². The molecular formula is C12H20N4O3. The van der Waals surface area contributed by atoms with E-state index in [2.05, 4.69) is 10.4 Å². The monoisotopic (exact) mass is 268 g/mol. The van der Waals surface area contributed by atoms with Crippen molar-refractivity contribution in [3.8, 4) is 0 Å². The standard InChI is InChI=1S/C12H20N4O3/c1-9(2)16(7-5-11(17)18)12(19)13-8-10-4-6-14-15(10)3/h4,6,9H,5,7-8H2,1-3H3,(H,13,19)(H,17,18). The van der Waals surface area contributed by atoms with Crippen LogP contribution in [-0.2, 0) is 18.4 Å². The normalized spacial score (nSPS) is 10.5. The van der Waals surface area contributed by atoms with E-state index in [1.165, 1.54) is 4.90 Å². The average Bonchev–Trinajstić information content (AvgIpc) is 2.71. The molecule has 0 aliphatic heterocycles. The highest BCUT2D eigenvalue weighted by atomic mass is 16.4. The van der Waals surface area contributed by atoms with Gasteiger partial charge in [-0.05, 0) is 19.9 Å². The lowest BCUT2D eigenvalue weighted by Crippen LogP contribution is -2.44. The highest BCUT2D eigenvalue weighted by Crippen LogP contribution is 2.02. The van der Waals surface area contributed by atoms with Gasteiger partial charge in [0.05, 0.1) is 18.7 Å². The van der Waals surface area contributed by atoms with Gasteiger partial charge in [0.25, 0.3) is 0 Å². The molecule has 0 fully saturated rings. The van der Waals surface area contributed by atoms with Crippen LogP contribution in [0.25, 0.3) is 0 Å². The smallest absolute Gasteiger partial charge is 0.317 e. The van der Waals surface area contributed by atoms with Gasteiger partial charge in [-0.3, -0.25) is 9.48 Å². The van der Waals surface area contributed by atoms with E-state index >= 15 is 0 Å². The van der Waals surface area contributed by atoms with E-state index in [0.29, 0.717) is 6.54 Å². The predicted molar refractivity (Wildman–Crippen MR) is 69.5 cm³/mol. The number of nitrogens with zero attached hydrogens (tertiary/aromatic N) is 3. The van der Waals surface area contributed by atoms with E-state index in [1.807, 2.05) is 19.9 Å². The summed E-state index contributed by atoms with van der Waals surface area (Å²) in [6, 6.07) is 1.50. The molecule has 0 saturated carbocycles. The van der Waals surface area contributed by atoms with Crippen LogP contribution in [0.2, 0.25) is 0 Å². The Morgan fingerprint density at radius 3 is 2.68 bits per heavy atom. The van der Waals surface area contributed by atoms with E-state index < -0.39 is 5.97 Å². The van der Waals surface area contributed by atoms with Crippen molar-refractivity contribution in [2.24, 2.45) is 7.05 Å². The topological polar surface area (TPSA) is 87.5 Å². The number of carbonyl (C=O) groups excluding carboxylic acids is 1. The first kappa shape index (κ1) is 15.0. The third kappa shape index (κ3) is 4.61. The van der Waals surface area contributed by atoms with Crippen LogP contribution in [0, 0.1) is 0 Å². The van der Waals surface area contributed by atoms with Crippen molar-refractivity contribution in [3.63, 3.8) is 0 Å². The number of aliphatic carboxylic acids is 1. The first-order chi connectivity index (χ1) is 8.91. The number of urea groups is 1. The Labute approximate surface area is 112 Å². The Kier molecular flexibility index (Phi) is 5.35. The number of aryl methyl sites for hydroxylation is 1. The number of nitrogens with one attached hydrogen (secondary N) is 1. The van der Waals surface area contributed by atoms with E-state index in [1.54, 1.807) is 17.9 Å². The Balaban J connectivity index is 2.52. The SMILES string of the molecule is CC(C)N(CCC(=O)O)C(=O)NCc1ccnn1C. The van der Waals surface area contributed by atoms with Crippen LogP contribution >= 0.6 is 0 Å². The minimum absolute atomic E-state index is 0.0501. The van der Waals surface area contributed by atoms with Crippen molar-refractivity contribution in [2.75, 3.05) is 6.54 Å². The maximum atomic E-state index is 12.0. The molecule has 19 heavy (non-hydrogen) atoms. The molecule has 1 aromatic rings. The molecule has 2 amide bonds. The Bertz CT molecular complexity index is 442. The second-order valence-electron chi connectivity index (χ2n) is 4.54. The van der Waals surface area contributed by atoms with E-state index in [0.717, 1.165) is 5.69 Å². The van der Waals surface area contributed by atoms with Gasteiger partial charge in [0.2, 0.25) is 0 Å². The van der Waals surface area contributed by atoms with Gasteiger partial charge in [0, 0.05) is 25.8 Å². The van der Waals surface area contributed by atoms with Crippen LogP contribution in [-0.4, -0.2) is 44.4 Å². The summed E-state index contributed by atoms with van der Waals surface area (Å²) < 4.78 is 1.68. The number of hydrogen-bond donors (Lipinski definition) is 2. The van der Waals surface area contributed by atoms with Gasteiger partial charge in [0.1, 0.15) is 0 Å². The van der Waals surface area contributed by atoms with Crippen molar-refractivity contribution in [1.29, 1.82) is 0 Å². The molecule has 7 heteroatoms. The second kappa shape index (κ2) is 6.77. The van der Waals surface area contributed by atoms with Crippen molar-refractivity contribution in [2.45, 2.75) is 32.9 Å². The Morgan fingerprint density at radius 2 is 2.21 bits per heavy atom. The van der Waals surface area contributed by atoms with Gasteiger partial charge in [-0.25, -0.2) is 4.79 Å². The molecule has 0 spiro atoms. The third-order valence-electron chi connectivity index (χ3n) is 2.79. The van der Waals surface area contributed by atoms with Crippen LogP contribution < -0.4 is 5.32 Å². The highest BCUT2D eigenvalue weighted by molar-refractivity contribution is 5.75. The van der Waals surface area contributed by atoms with Crippen LogP contribution in [0.1, 0.15) is 26.0 Å². The van der Waals surface area contributed by atoms with Gasteiger partial charge < -0.3 is 15.3 Å². The molecule has 0 aromatic carbocycles. The van der Waals surface area contributed by atoms with Crippen molar-refractivity contribution < 1.29 is 14.7 Å². The lowest BCUT2D eigenvalue weighted by Gasteiger charge is -2.26. The van der Waals surface area contributed by atoms with Gasteiger partial charge >= 0.3 is 12.0 Å². The zero-order chi connectivity index (χ0) is 14.4. The number of rotatable bonds is 6. The molecule has 0 unspecified atom stereocenters. The third-order valence-corrected chi connectivity index (χ3v) is 2.79. The van der Waals surface area contributed by atoms with Crippen molar-refractivity contribution in [3.05, 3.63) is 18.0 Å². The molecule has 0 aliphatic carbocycles. The minimum Gasteiger partial charge on any atom is -0.481 e. The maximum absolute atomic E-state index is 12.0. The molecule has 1 rings (SSSR count). The van der Waals surface area contributed by atoms with Gasteiger partial charge in [0.15, 0.2) is 0 Å². The molecule has 0 saturated heterocycles. The summed E-state index contributed by atoms with van der Waals surface area (Å²) in [4.78, 5) is 24.1. The first-order valence-electron chi connectivity index (χ1n) is 6.15. The zero-order valence-corrected chi connectivity index (χ0v) is 11.5. The lowest BCUT2D eigenvalue weighted by molar-refractivity contribution is -0.137. The molecule has 1 heterocycles. The molecular weight excluding hydrogens is 248 g/mol. The molecule has 0 bridgehead atoms. The van der Waals surface area contributed by atoms with Crippen LogP contribution in [0.5, 0.6) is 0 Å². The van der Waals surface area contributed by atoms with Gasteiger partial charge in [-0.1, -0.05) is 0 Å². The zero-order valence-electron chi connectivity index (χ0n) is 11.5. The molecule has 106 valence electrons. The molecule has 7 nitrogen and oxygen atoms in total. The Hall–Kier alpha value is -2.05. The fraction of sp³-hybridized carbons (Fsp3) is 0.583. The number of carboxylic acid groups (broad SMARTS) is 1. The number of carbonyl (C=O) groups is 2.